The van der Waals surface area contributed by atoms with Crippen LogP contribution in [-0.4, -0.2) is 30.5 Å². The van der Waals surface area contributed by atoms with Crippen molar-refractivity contribution in [3.05, 3.63) is 29.3 Å². The molecule has 3 nitrogen and oxygen atoms in total. The van der Waals surface area contributed by atoms with Crippen molar-refractivity contribution in [1.29, 1.82) is 0 Å². The molecule has 0 bridgehead atoms. The number of carbonyl (C=O) groups is 1. The van der Waals surface area contributed by atoms with Gasteiger partial charge in [-0.15, -0.1) is 0 Å². The van der Waals surface area contributed by atoms with E-state index in [0.29, 0.717) is 10.8 Å². The molecule has 0 radical (unpaired) electrons. The number of amides is 1. The molecule has 1 aliphatic rings. The molecule has 1 heterocycles. The Morgan fingerprint density at radius 2 is 1.82 bits per heavy atom. The summed E-state index contributed by atoms with van der Waals surface area (Å²) in [7, 11) is 0. The van der Waals surface area contributed by atoms with Crippen LogP contribution in [0.15, 0.2) is 24.3 Å². The number of piperidine rings is 1. The van der Waals surface area contributed by atoms with Gasteiger partial charge in [0.2, 0.25) is 0 Å². The van der Waals surface area contributed by atoms with E-state index in [1.54, 1.807) is 24.3 Å². The Labute approximate surface area is 106 Å². The number of benzene rings is 1. The van der Waals surface area contributed by atoms with Crippen LogP contribution in [0.3, 0.4) is 0 Å². The van der Waals surface area contributed by atoms with Gasteiger partial charge in [-0.25, -0.2) is 0 Å². The van der Waals surface area contributed by atoms with E-state index in [1.807, 2.05) is 4.90 Å². The van der Waals surface area contributed by atoms with E-state index in [4.69, 9.17) is 16.3 Å². The minimum atomic E-state index is 0.0691. The van der Waals surface area contributed by atoms with Crippen molar-refractivity contribution in [2.75, 3.05) is 19.7 Å². The highest BCUT2D eigenvalue weighted by atomic mass is 35.5. The van der Waals surface area contributed by atoms with Crippen molar-refractivity contribution >= 4 is 17.5 Å². The Kier molecular flexibility index (Phi) is 4.26. The van der Waals surface area contributed by atoms with Gasteiger partial charge in [-0.1, -0.05) is 11.6 Å². The molecule has 0 unspecified atom stereocenters. The first-order valence-electron chi connectivity index (χ1n) is 5.92. The fraction of sp³-hybridized carbons (Fsp3) is 0.462. The molecule has 1 saturated heterocycles. The van der Waals surface area contributed by atoms with Gasteiger partial charge in [-0.3, -0.25) is 4.79 Å². The first-order chi connectivity index (χ1) is 8.25. The zero-order valence-corrected chi connectivity index (χ0v) is 10.4. The van der Waals surface area contributed by atoms with Crippen LogP contribution in [0.25, 0.3) is 0 Å². The first-order valence-corrected chi connectivity index (χ1v) is 6.29. The normalized spacial score (nSPS) is 15.7. The van der Waals surface area contributed by atoms with Crippen LogP contribution in [-0.2, 0) is 4.79 Å². The van der Waals surface area contributed by atoms with E-state index >= 15 is 0 Å². The number of rotatable bonds is 3. The van der Waals surface area contributed by atoms with Crippen molar-refractivity contribution in [3.63, 3.8) is 0 Å². The molecule has 0 spiro atoms. The first kappa shape index (κ1) is 12.2. The molecule has 1 fully saturated rings. The van der Waals surface area contributed by atoms with E-state index in [1.165, 1.54) is 6.42 Å². The Morgan fingerprint density at radius 3 is 2.47 bits per heavy atom. The van der Waals surface area contributed by atoms with Crippen molar-refractivity contribution < 1.29 is 9.53 Å². The maximum atomic E-state index is 11.8. The molecule has 1 aromatic carbocycles. The molecule has 0 N–H and O–H groups in total. The maximum Gasteiger partial charge on any atom is 0.260 e. The second kappa shape index (κ2) is 5.92. The number of halogens is 1. The lowest BCUT2D eigenvalue weighted by molar-refractivity contribution is -0.134. The molecule has 1 aliphatic heterocycles. The highest BCUT2D eigenvalue weighted by Crippen LogP contribution is 2.16. The topological polar surface area (TPSA) is 29.5 Å². The third kappa shape index (κ3) is 3.63. The number of hydrogen-bond acceptors (Lipinski definition) is 2. The molecule has 92 valence electrons. The monoisotopic (exact) mass is 253 g/mol. The highest BCUT2D eigenvalue weighted by Gasteiger charge is 2.16. The zero-order chi connectivity index (χ0) is 12.1. The predicted octanol–water partition coefficient (Wildman–Crippen LogP) is 2.73. The van der Waals surface area contributed by atoms with Gasteiger partial charge in [0.05, 0.1) is 0 Å². The summed E-state index contributed by atoms with van der Waals surface area (Å²) in [6.45, 7) is 1.84. The summed E-state index contributed by atoms with van der Waals surface area (Å²) in [4.78, 5) is 13.7. The van der Waals surface area contributed by atoms with Gasteiger partial charge >= 0.3 is 0 Å². The second-order valence-corrected chi connectivity index (χ2v) is 4.62. The SMILES string of the molecule is O=C(COc1ccc(Cl)cc1)N1CCCCC1. The Balaban J connectivity index is 1.81. The Hall–Kier alpha value is -1.22. The summed E-state index contributed by atoms with van der Waals surface area (Å²) < 4.78 is 5.43. The summed E-state index contributed by atoms with van der Waals surface area (Å²) in [5, 5.41) is 0.666. The average Bonchev–Trinajstić information content (AvgIpc) is 2.39. The number of nitrogens with zero attached hydrogens (tertiary/aromatic N) is 1. The van der Waals surface area contributed by atoms with Gasteiger partial charge in [0.1, 0.15) is 5.75 Å². The molecule has 0 atom stereocenters. The van der Waals surface area contributed by atoms with E-state index < -0.39 is 0 Å². The molecule has 1 amide bonds. The van der Waals surface area contributed by atoms with E-state index in [0.717, 1.165) is 25.9 Å². The molecule has 0 aromatic heterocycles. The zero-order valence-electron chi connectivity index (χ0n) is 9.69. The van der Waals surface area contributed by atoms with Crippen molar-refractivity contribution in [3.8, 4) is 5.75 Å². The quantitative estimate of drug-likeness (QED) is 0.829. The third-order valence-corrected chi connectivity index (χ3v) is 3.14. The van der Waals surface area contributed by atoms with Crippen LogP contribution in [0.5, 0.6) is 5.75 Å². The highest BCUT2D eigenvalue weighted by molar-refractivity contribution is 6.30. The summed E-state index contributed by atoms with van der Waals surface area (Å²) in [5.41, 5.74) is 0. The summed E-state index contributed by atoms with van der Waals surface area (Å²) in [6, 6.07) is 7.04. The van der Waals surface area contributed by atoms with Gasteiger partial charge in [0.25, 0.3) is 5.91 Å². The van der Waals surface area contributed by atoms with Gasteiger partial charge in [-0.2, -0.15) is 0 Å². The van der Waals surface area contributed by atoms with Crippen molar-refractivity contribution in [1.82, 2.24) is 4.90 Å². The van der Waals surface area contributed by atoms with E-state index in [2.05, 4.69) is 0 Å². The number of likely N-dealkylation sites (tertiary alicyclic amines) is 1. The average molecular weight is 254 g/mol. The fourth-order valence-electron chi connectivity index (χ4n) is 1.91. The van der Waals surface area contributed by atoms with E-state index in [9.17, 15) is 4.79 Å². The Morgan fingerprint density at radius 1 is 1.18 bits per heavy atom. The lowest BCUT2D eigenvalue weighted by Crippen LogP contribution is -2.38. The van der Waals surface area contributed by atoms with Gasteiger partial charge < -0.3 is 9.64 Å². The minimum Gasteiger partial charge on any atom is -0.484 e. The molecule has 1 aromatic rings. The predicted molar refractivity (Wildman–Crippen MR) is 67.4 cm³/mol. The third-order valence-electron chi connectivity index (χ3n) is 2.88. The molecule has 0 aliphatic carbocycles. The van der Waals surface area contributed by atoms with Crippen LogP contribution in [0.4, 0.5) is 0 Å². The van der Waals surface area contributed by atoms with Gasteiger partial charge in [-0.05, 0) is 43.5 Å². The van der Waals surface area contributed by atoms with Gasteiger partial charge in [0, 0.05) is 18.1 Å². The van der Waals surface area contributed by atoms with Crippen LogP contribution >= 0.6 is 11.6 Å². The smallest absolute Gasteiger partial charge is 0.260 e. The number of ether oxygens (including phenoxy) is 1. The molecule has 17 heavy (non-hydrogen) atoms. The summed E-state index contributed by atoms with van der Waals surface area (Å²) in [5.74, 6) is 0.749. The molecule has 2 rings (SSSR count). The standard InChI is InChI=1S/C13H16ClNO2/c14-11-4-6-12(7-5-11)17-10-13(16)15-8-2-1-3-9-15/h4-7H,1-3,8-10H2. The van der Waals surface area contributed by atoms with Crippen LogP contribution in [0.2, 0.25) is 5.02 Å². The summed E-state index contributed by atoms with van der Waals surface area (Å²) >= 11 is 5.77. The largest absolute Gasteiger partial charge is 0.484 e. The molecule has 0 saturated carbocycles. The molecule has 4 heteroatoms. The number of hydrogen-bond donors (Lipinski definition) is 0. The van der Waals surface area contributed by atoms with Crippen LogP contribution < -0.4 is 4.74 Å². The van der Waals surface area contributed by atoms with E-state index in [-0.39, 0.29) is 12.5 Å². The Bertz CT molecular complexity index is 372. The maximum absolute atomic E-state index is 11.8. The lowest BCUT2D eigenvalue weighted by Gasteiger charge is -2.26. The second-order valence-electron chi connectivity index (χ2n) is 4.18. The molecular formula is C13H16ClNO2. The number of carbonyl (C=O) groups excluding carboxylic acids is 1. The van der Waals surface area contributed by atoms with Gasteiger partial charge in [0.15, 0.2) is 6.61 Å². The lowest BCUT2D eigenvalue weighted by atomic mass is 10.1. The van der Waals surface area contributed by atoms with Crippen molar-refractivity contribution in [2.24, 2.45) is 0 Å². The van der Waals surface area contributed by atoms with Crippen LogP contribution in [0.1, 0.15) is 19.3 Å². The minimum absolute atomic E-state index is 0.0691. The van der Waals surface area contributed by atoms with Crippen LogP contribution in [0, 0.1) is 0 Å². The molecular weight excluding hydrogens is 238 g/mol. The fourth-order valence-corrected chi connectivity index (χ4v) is 2.04. The van der Waals surface area contributed by atoms with Crippen molar-refractivity contribution in [2.45, 2.75) is 19.3 Å². The summed E-state index contributed by atoms with van der Waals surface area (Å²) in [6.07, 6.45) is 3.43.